The molecular weight excluding hydrogens is 334 g/mol. The molecule has 136 valence electrons. The van der Waals surface area contributed by atoms with E-state index in [0.717, 1.165) is 37.2 Å². The lowest BCUT2D eigenvalue weighted by Crippen LogP contribution is -2.40. The van der Waals surface area contributed by atoms with E-state index in [-0.39, 0.29) is 17.6 Å². The van der Waals surface area contributed by atoms with Crippen LogP contribution in [0.2, 0.25) is 0 Å². The zero-order valence-corrected chi connectivity index (χ0v) is 15.8. The van der Waals surface area contributed by atoms with E-state index >= 15 is 0 Å². The smallest absolute Gasteiger partial charge is 0.317 e. The Bertz CT molecular complexity index is 623. The standard InChI is InChI=1S/C20H27NO3S/c1-15(20(23)21-11-4-2-3-5-12-21)24-19(22)14-25-18-10-9-16-7-6-8-17(16)13-18/h9-10,13,15H,2-8,11-12,14H2,1H3. The zero-order valence-electron chi connectivity index (χ0n) is 15.0. The van der Waals surface area contributed by atoms with Crippen LogP contribution < -0.4 is 0 Å². The number of likely N-dealkylation sites (tertiary alicyclic amines) is 1. The minimum Gasteiger partial charge on any atom is -0.452 e. The second-order valence-corrected chi connectivity index (χ2v) is 7.99. The summed E-state index contributed by atoms with van der Waals surface area (Å²) < 4.78 is 5.37. The van der Waals surface area contributed by atoms with Crippen LogP contribution in [0, 0.1) is 0 Å². The molecule has 0 N–H and O–H groups in total. The van der Waals surface area contributed by atoms with Crippen LogP contribution in [-0.2, 0) is 27.2 Å². The molecule has 3 rings (SSSR count). The lowest BCUT2D eigenvalue weighted by Gasteiger charge is -2.23. The van der Waals surface area contributed by atoms with Crippen molar-refractivity contribution in [3.8, 4) is 0 Å². The molecule has 0 radical (unpaired) electrons. The fraction of sp³-hybridized carbons (Fsp3) is 0.600. The molecule has 1 fully saturated rings. The highest BCUT2D eigenvalue weighted by atomic mass is 32.2. The second-order valence-electron chi connectivity index (χ2n) is 6.94. The van der Waals surface area contributed by atoms with Crippen molar-refractivity contribution in [2.24, 2.45) is 0 Å². The van der Waals surface area contributed by atoms with E-state index in [1.54, 1.807) is 6.92 Å². The quantitative estimate of drug-likeness (QED) is 0.594. The van der Waals surface area contributed by atoms with Gasteiger partial charge in [0.2, 0.25) is 0 Å². The van der Waals surface area contributed by atoms with Gasteiger partial charge in [-0.3, -0.25) is 9.59 Å². The molecule has 0 aromatic heterocycles. The molecule has 1 aliphatic carbocycles. The predicted molar refractivity (Wildman–Crippen MR) is 99.8 cm³/mol. The Kier molecular flexibility index (Phi) is 6.40. The summed E-state index contributed by atoms with van der Waals surface area (Å²) in [5, 5.41) is 0. The van der Waals surface area contributed by atoms with Gasteiger partial charge in [-0.2, -0.15) is 0 Å². The Balaban J connectivity index is 1.46. The molecule has 1 aromatic rings. The average Bonchev–Trinajstić information content (AvgIpc) is 2.91. The molecule has 25 heavy (non-hydrogen) atoms. The van der Waals surface area contributed by atoms with Crippen molar-refractivity contribution in [2.45, 2.75) is 62.9 Å². The summed E-state index contributed by atoms with van der Waals surface area (Å²) in [5.74, 6) is -0.130. The maximum absolute atomic E-state index is 12.4. The Morgan fingerprint density at radius 3 is 2.56 bits per heavy atom. The van der Waals surface area contributed by atoms with E-state index in [1.165, 1.54) is 48.6 Å². The maximum Gasteiger partial charge on any atom is 0.317 e. The topological polar surface area (TPSA) is 46.6 Å². The van der Waals surface area contributed by atoms with Crippen LogP contribution in [0.25, 0.3) is 0 Å². The van der Waals surface area contributed by atoms with Gasteiger partial charge < -0.3 is 9.64 Å². The van der Waals surface area contributed by atoms with Crippen molar-refractivity contribution in [1.29, 1.82) is 0 Å². The van der Waals surface area contributed by atoms with Gasteiger partial charge in [0.25, 0.3) is 5.91 Å². The molecule has 0 bridgehead atoms. The molecule has 0 saturated carbocycles. The summed E-state index contributed by atoms with van der Waals surface area (Å²) in [5.41, 5.74) is 2.84. The number of ether oxygens (including phenoxy) is 1. The minimum atomic E-state index is -0.689. The number of esters is 1. The number of nitrogens with zero attached hydrogens (tertiary/aromatic N) is 1. The summed E-state index contributed by atoms with van der Waals surface area (Å²) in [4.78, 5) is 27.5. The number of carbonyl (C=O) groups excluding carboxylic acids is 2. The van der Waals surface area contributed by atoms with Gasteiger partial charge in [0, 0.05) is 18.0 Å². The zero-order chi connectivity index (χ0) is 17.6. The third-order valence-corrected chi connectivity index (χ3v) is 5.97. The lowest BCUT2D eigenvalue weighted by atomic mass is 10.1. The van der Waals surface area contributed by atoms with Crippen LogP contribution in [0.5, 0.6) is 0 Å². The van der Waals surface area contributed by atoms with Crippen molar-refractivity contribution in [3.63, 3.8) is 0 Å². The van der Waals surface area contributed by atoms with Gasteiger partial charge in [-0.25, -0.2) is 0 Å². The normalized spacial score (nSPS) is 18.4. The molecule has 1 heterocycles. The molecular formula is C20H27NO3S. The van der Waals surface area contributed by atoms with E-state index in [2.05, 4.69) is 18.2 Å². The van der Waals surface area contributed by atoms with Gasteiger partial charge in [0.15, 0.2) is 6.10 Å². The lowest BCUT2D eigenvalue weighted by molar-refractivity contribution is -0.157. The van der Waals surface area contributed by atoms with Crippen LogP contribution in [0.4, 0.5) is 0 Å². The summed E-state index contributed by atoms with van der Waals surface area (Å²) in [6.07, 6.45) is 7.27. The Morgan fingerprint density at radius 2 is 1.80 bits per heavy atom. The molecule has 1 amide bonds. The molecule has 5 heteroatoms. The van der Waals surface area contributed by atoms with Gasteiger partial charge in [-0.05, 0) is 62.3 Å². The number of rotatable bonds is 5. The molecule has 0 spiro atoms. The first-order valence-corrected chi connectivity index (χ1v) is 10.3. The number of fused-ring (bicyclic) bond motifs is 1. The van der Waals surface area contributed by atoms with E-state index in [0.29, 0.717) is 0 Å². The van der Waals surface area contributed by atoms with Crippen molar-refractivity contribution in [1.82, 2.24) is 4.90 Å². The van der Waals surface area contributed by atoms with E-state index in [1.807, 2.05) is 4.90 Å². The van der Waals surface area contributed by atoms with E-state index in [4.69, 9.17) is 4.74 Å². The molecule has 1 unspecified atom stereocenters. The van der Waals surface area contributed by atoms with Gasteiger partial charge in [0.05, 0.1) is 5.75 Å². The summed E-state index contributed by atoms with van der Waals surface area (Å²) in [6, 6.07) is 6.43. The maximum atomic E-state index is 12.4. The largest absolute Gasteiger partial charge is 0.452 e. The number of benzene rings is 1. The van der Waals surface area contributed by atoms with Crippen molar-refractivity contribution < 1.29 is 14.3 Å². The predicted octanol–water partition coefficient (Wildman–Crippen LogP) is 3.60. The monoisotopic (exact) mass is 361 g/mol. The second kappa shape index (κ2) is 8.75. The Hall–Kier alpha value is -1.49. The molecule has 1 atom stereocenters. The van der Waals surface area contributed by atoms with E-state index in [9.17, 15) is 9.59 Å². The van der Waals surface area contributed by atoms with Crippen LogP contribution in [0.1, 0.15) is 50.2 Å². The fourth-order valence-electron chi connectivity index (χ4n) is 3.61. The van der Waals surface area contributed by atoms with Crippen molar-refractivity contribution in [3.05, 3.63) is 29.3 Å². The number of thioether (sulfide) groups is 1. The first kappa shape index (κ1) is 18.3. The molecule has 2 aliphatic rings. The van der Waals surface area contributed by atoms with Gasteiger partial charge in [-0.1, -0.05) is 18.9 Å². The summed E-state index contributed by atoms with van der Waals surface area (Å²) in [7, 11) is 0. The highest BCUT2D eigenvalue weighted by molar-refractivity contribution is 8.00. The molecule has 4 nitrogen and oxygen atoms in total. The molecule has 1 saturated heterocycles. The van der Waals surface area contributed by atoms with Crippen molar-refractivity contribution >= 4 is 23.6 Å². The van der Waals surface area contributed by atoms with Crippen molar-refractivity contribution in [2.75, 3.05) is 18.8 Å². The number of amides is 1. The summed E-state index contributed by atoms with van der Waals surface area (Å²) >= 11 is 1.49. The van der Waals surface area contributed by atoms with Gasteiger partial charge >= 0.3 is 5.97 Å². The first-order valence-electron chi connectivity index (χ1n) is 9.36. The fourth-order valence-corrected chi connectivity index (χ4v) is 4.35. The summed E-state index contributed by atoms with van der Waals surface area (Å²) in [6.45, 7) is 3.25. The third-order valence-electron chi connectivity index (χ3n) is 5.00. The minimum absolute atomic E-state index is 0.0576. The van der Waals surface area contributed by atoms with Crippen LogP contribution in [0.3, 0.4) is 0 Å². The van der Waals surface area contributed by atoms with Crippen LogP contribution in [0.15, 0.2) is 23.1 Å². The Morgan fingerprint density at radius 1 is 1.08 bits per heavy atom. The highest BCUT2D eigenvalue weighted by Crippen LogP contribution is 2.27. The van der Waals surface area contributed by atoms with Crippen LogP contribution >= 0.6 is 11.8 Å². The highest BCUT2D eigenvalue weighted by Gasteiger charge is 2.24. The SMILES string of the molecule is CC(OC(=O)CSc1ccc2c(c1)CCC2)C(=O)N1CCCCCC1. The third kappa shape index (κ3) is 5.00. The molecule has 1 aliphatic heterocycles. The molecule has 1 aromatic carbocycles. The van der Waals surface area contributed by atoms with Gasteiger partial charge in [0.1, 0.15) is 0 Å². The number of hydrogen-bond acceptors (Lipinski definition) is 4. The van der Waals surface area contributed by atoms with Gasteiger partial charge in [-0.15, -0.1) is 11.8 Å². The number of carbonyl (C=O) groups is 2. The number of hydrogen-bond donors (Lipinski definition) is 0. The first-order chi connectivity index (χ1) is 12.1. The average molecular weight is 362 g/mol. The van der Waals surface area contributed by atoms with E-state index < -0.39 is 6.10 Å². The number of aryl methyl sites for hydroxylation is 2. The van der Waals surface area contributed by atoms with Crippen LogP contribution in [-0.4, -0.2) is 41.7 Å². The Labute approximate surface area is 154 Å².